The first-order valence-corrected chi connectivity index (χ1v) is 6.19. The fourth-order valence-electron chi connectivity index (χ4n) is 2.01. The van der Waals surface area contributed by atoms with Gasteiger partial charge in [-0.05, 0) is 31.2 Å². The van der Waals surface area contributed by atoms with Crippen LogP contribution in [0.25, 0.3) is 0 Å². The van der Waals surface area contributed by atoms with E-state index in [1.165, 1.54) is 0 Å². The highest BCUT2D eigenvalue weighted by atomic mass is 16.3. The van der Waals surface area contributed by atoms with Crippen LogP contribution in [0.15, 0.2) is 0 Å². The Hall–Kier alpha value is -0.610. The van der Waals surface area contributed by atoms with E-state index >= 15 is 0 Å². The number of aliphatic hydroxyl groups excluding tert-OH is 1. The first kappa shape index (κ1) is 13.5. The van der Waals surface area contributed by atoms with Crippen molar-refractivity contribution in [2.45, 2.75) is 45.7 Å². The molecule has 0 spiro atoms. The van der Waals surface area contributed by atoms with E-state index in [-0.39, 0.29) is 30.5 Å². The van der Waals surface area contributed by atoms with Gasteiger partial charge >= 0.3 is 0 Å². The number of aliphatic hydroxyl groups is 1. The molecule has 1 saturated heterocycles. The standard InChI is InChI=1S/C12H24N2O2/c1-8(2)11(7-15)14-12(16)10-6-9(3)4-5-13-10/h8-11,13,15H,4-7H2,1-3H3,(H,14,16)/t9?,10?,11-/m1/s1. The van der Waals surface area contributed by atoms with E-state index < -0.39 is 0 Å². The lowest BCUT2D eigenvalue weighted by Gasteiger charge is -2.29. The molecule has 1 amide bonds. The Morgan fingerprint density at radius 1 is 1.56 bits per heavy atom. The van der Waals surface area contributed by atoms with E-state index in [1.54, 1.807) is 0 Å². The Labute approximate surface area is 97.8 Å². The van der Waals surface area contributed by atoms with Gasteiger partial charge in [0.1, 0.15) is 0 Å². The molecule has 3 N–H and O–H groups in total. The lowest BCUT2D eigenvalue weighted by molar-refractivity contribution is -0.125. The molecule has 4 heteroatoms. The molecule has 1 fully saturated rings. The van der Waals surface area contributed by atoms with Crippen LogP contribution in [0.1, 0.15) is 33.6 Å². The van der Waals surface area contributed by atoms with Crippen molar-refractivity contribution in [2.24, 2.45) is 11.8 Å². The Bertz CT molecular complexity index is 231. The zero-order chi connectivity index (χ0) is 12.1. The topological polar surface area (TPSA) is 61.4 Å². The van der Waals surface area contributed by atoms with Crippen LogP contribution in [-0.2, 0) is 4.79 Å². The molecule has 0 aromatic carbocycles. The zero-order valence-electron chi connectivity index (χ0n) is 10.5. The van der Waals surface area contributed by atoms with Crippen LogP contribution in [0, 0.1) is 11.8 Å². The summed E-state index contributed by atoms with van der Waals surface area (Å²) in [6, 6.07) is -0.219. The second kappa shape index (κ2) is 6.21. The van der Waals surface area contributed by atoms with Gasteiger partial charge in [0.05, 0.1) is 18.7 Å². The summed E-state index contributed by atoms with van der Waals surface area (Å²) in [5.74, 6) is 0.887. The molecule has 1 heterocycles. The molecule has 94 valence electrons. The van der Waals surface area contributed by atoms with Crippen molar-refractivity contribution >= 4 is 5.91 Å². The summed E-state index contributed by atoms with van der Waals surface area (Å²) >= 11 is 0. The lowest BCUT2D eigenvalue weighted by Crippen LogP contribution is -2.52. The number of piperidine rings is 1. The van der Waals surface area contributed by atoms with Gasteiger partial charge in [0.25, 0.3) is 0 Å². The third kappa shape index (κ3) is 3.76. The van der Waals surface area contributed by atoms with E-state index in [0.717, 1.165) is 19.4 Å². The van der Waals surface area contributed by atoms with Crippen molar-refractivity contribution in [1.29, 1.82) is 0 Å². The van der Waals surface area contributed by atoms with Crippen molar-refractivity contribution in [1.82, 2.24) is 10.6 Å². The van der Waals surface area contributed by atoms with Gasteiger partial charge in [-0.2, -0.15) is 0 Å². The number of amides is 1. The molecular weight excluding hydrogens is 204 g/mol. The minimum atomic E-state index is -0.133. The van der Waals surface area contributed by atoms with Gasteiger partial charge in [-0.25, -0.2) is 0 Å². The van der Waals surface area contributed by atoms with Crippen LogP contribution in [0.5, 0.6) is 0 Å². The minimum absolute atomic E-state index is 0.00564. The van der Waals surface area contributed by atoms with Gasteiger partial charge in [0.15, 0.2) is 0 Å². The van der Waals surface area contributed by atoms with Gasteiger partial charge in [-0.15, -0.1) is 0 Å². The predicted molar refractivity (Wildman–Crippen MR) is 64.0 cm³/mol. The maximum absolute atomic E-state index is 11.9. The number of carbonyl (C=O) groups is 1. The molecule has 1 rings (SSSR count). The smallest absolute Gasteiger partial charge is 0.237 e. The maximum Gasteiger partial charge on any atom is 0.237 e. The van der Waals surface area contributed by atoms with Gasteiger partial charge in [0.2, 0.25) is 5.91 Å². The van der Waals surface area contributed by atoms with Crippen molar-refractivity contribution in [3.63, 3.8) is 0 Å². The first-order chi connectivity index (χ1) is 7.54. The molecule has 0 aromatic heterocycles. The second-order valence-electron chi connectivity index (χ2n) is 5.18. The lowest BCUT2D eigenvalue weighted by atomic mass is 9.93. The average Bonchev–Trinajstić information content (AvgIpc) is 2.25. The van der Waals surface area contributed by atoms with Crippen LogP contribution in [0.2, 0.25) is 0 Å². The van der Waals surface area contributed by atoms with Gasteiger partial charge < -0.3 is 15.7 Å². The van der Waals surface area contributed by atoms with Crippen molar-refractivity contribution in [3.05, 3.63) is 0 Å². The average molecular weight is 228 g/mol. The van der Waals surface area contributed by atoms with E-state index in [2.05, 4.69) is 17.6 Å². The Kier molecular flexibility index (Phi) is 5.22. The van der Waals surface area contributed by atoms with Crippen LogP contribution >= 0.6 is 0 Å². The molecule has 0 aliphatic carbocycles. The molecular formula is C12H24N2O2. The molecule has 1 aliphatic heterocycles. The van der Waals surface area contributed by atoms with Gasteiger partial charge in [-0.3, -0.25) is 4.79 Å². The second-order valence-corrected chi connectivity index (χ2v) is 5.18. The summed E-state index contributed by atoms with van der Waals surface area (Å²) in [4.78, 5) is 11.9. The summed E-state index contributed by atoms with van der Waals surface area (Å²) in [7, 11) is 0. The molecule has 0 radical (unpaired) electrons. The zero-order valence-corrected chi connectivity index (χ0v) is 10.5. The quantitative estimate of drug-likeness (QED) is 0.657. The highest BCUT2D eigenvalue weighted by molar-refractivity contribution is 5.82. The van der Waals surface area contributed by atoms with Crippen LogP contribution < -0.4 is 10.6 Å². The Balaban J connectivity index is 2.44. The molecule has 0 bridgehead atoms. The highest BCUT2D eigenvalue weighted by Crippen LogP contribution is 2.15. The normalized spacial score (nSPS) is 27.8. The van der Waals surface area contributed by atoms with E-state index in [1.807, 2.05) is 13.8 Å². The molecule has 4 nitrogen and oxygen atoms in total. The van der Waals surface area contributed by atoms with Crippen molar-refractivity contribution < 1.29 is 9.90 Å². The SMILES string of the molecule is CC1CCNC(C(=O)N[C@H](CO)C(C)C)C1. The van der Waals surface area contributed by atoms with Crippen molar-refractivity contribution in [3.8, 4) is 0 Å². The molecule has 16 heavy (non-hydrogen) atoms. The molecule has 3 atom stereocenters. The largest absolute Gasteiger partial charge is 0.394 e. The highest BCUT2D eigenvalue weighted by Gasteiger charge is 2.26. The summed E-state index contributed by atoms with van der Waals surface area (Å²) in [5.41, 5.74) is 0. The molecule has 1 aliphatic rings. The number of nitrogens with one attached hydrogen (secondary N) is 2. The third-order valence-electron chi connectivity index (χ3n) is 3.31. The Morgan fingerprint density at radius 3 is 2.75 bits per heavy atom. The van der Waals surface area contributed by atoms with Crippen LogP contribution in [-0.4, -0.2) is 36.2 Å². The first-order valence-electron chi connectivity index (χ1n) is 6.19. The van der Waals surface area contributed by atoms with Crippen molar-refractivity contribution in [2.75, 3.05) is 13.2 Å². The monoisotopic (exact) mass is 228 g/mol. The summed E-state index contributed by atoms with van der Waals surface area (Å²) in [5, 5.41) is 15.3. The maximum atomic E-state index is 11.9. The molecule has 0 aromatic rings. The summed E-state index contributed by atoms with van der Waals surface area (Å²) < 4.78 is 0. The molecule has 2 unspecified atom stereocenters. The van der Waals surface area contributed by atoms with Crippen LogP contribution in [0.4, 0.5) is 0 Å². The predicted octanol–water partition coefficient (Wildman–Crippen LogP) is 0.508. The number of carbonyl (C=O) groups excluding carboxylic acids is 1. The number of hydrogen-bond acceptors (Lipinski definition) is 3. The summed E-state index contributed by atoms with van der Waals surface area (Å²) in [6.07, 6.45) is 2.03. The van der Waals surface area contributed by atoms with Gasteiger partial charge in [-0.1, -0.05) is 20.8 Å². The molecule has 0 saturated carbocycles. The van der Waals surface area contributed by atoms with Crippen LogP contribution in [0.3, 0.4) is 0 Å². The number of hydrogen-bond donors (Lipinski definition) is 3. The summed E-state index contributed by atoms with van der Waals surface area (Å²) in [6.45, 7) is 7.08. The van der Waals surface area contributed by atoms with E-state index in [4.69, 9.17) is 5.11 Å². The fourth-order valence-corrected chi connectivity index (χ4v) is 2.01. The fraction of sp³-hybridized carbons (Fsp3) is 0.917. The number of rotatable bonds is 4. The van der Waals surface area contributed by atoms with Gasteiger partial charge in [0, 0.05) is 0 Å². The minimum Gasteiger partial charge on any atom is -0.394 e. The van der Waals surface area contributed by atoms with E-state index in [9.17, 15) is 4.79 Å². The third-order valence-corrected chi connectivity index (χ3v) is 3.31. The Morgan fingerprint density at radius 2 is 2.25 bits per heavy atom. The van der Waals surface area contributed by atoms with E-state index in [0.29, 0.717) is 5.92 Å².